The molecule has 3 N–H and O–H groups in total. The second-order valence-electron chi connectivity index (χ2n) is 4.74. The number of anilines is 1. The molecule has 2 aromatic rings. The van der Waals surface area contributed by atoms with Gasteiger partial charge < -0.3 is 0 Å². The number of nitrogens with zero attached hydrogens (tertiary/aromatic N) is 1. The molecule has 2 rings (SSSR count). The maximum atomic E-state index is 12.4. The summed E-state index contributed by atoms with van der Waals surface area (Å²) in [6.45, 7) is 0. The highest BCUT2D eigenvalue weighted by atomic mass is 127. The third-order valence-electron chi connectivity index (χ3n) is 3.06. The summed E-state index contributed by atoms with van der Waals surface area (Å²) in [5, 5.41) is 9.12. The highest BCUT2D eigenvalue weighted by Crippen LogP contribution is 2.25. The van der Waals surface area contributed by atoms with Crippen LogP contribution in [0.5, 0.6) is 0 Å². The van der Waals surface area contributed by atoms with Crippen molar-refractivity contribution >= 4 is 55.8 Å². The summed E-state index contributed by atoms with van der Waals surface area (Å²) >= 11 is 8.21. The summed E-state index contributed by atoms with van der Waals surface area (Å²) in [6.07, 6.45) is 1.26. The third-order valence-corrected chi connectivity index (χ3v) is 5.42. The molecular formula is C14H13ClIN3O4S. The minimum absolute atomic E-state index is 0.117. The first kappa shape index (κ1) is 18.9. The molecule has 1 aromatic carbocycles. The van der Waals surface area contributed by atoms with Gasteiger partial charge in [0, 0.05) is 15.6 Å². The number of halogens is 2. The number of aromatic nitrogens is 1. The van der Waals surface area contributed by atoms with Crippen molar-refractivity contribution in [3.8, 4) is 0 Å². The quantitative estimate of drug-likeness (QED) is 0.254. The average Bonchev–Trinajstić information content (AvgIpc) is 2.53. The molecule has 0 aliphatic carbocycles. The fourth-order valence-corrected chi connectivity index (χ4v) is 4.61. The zero-order valence-corrected chi connectivity index (χ0v) is 15.9. The Morgan fingerprint density at radius 3 is 2.75 bits per heavy atom. The van der Waals surface area contributed by atoms with E-state index in [0.29, 0.717) is 15.0 Å². The van der Waals surface area contributed by atoms with Crippen molar-refractivity contribution in [2.75, 3.05) is 4.72 Å². The van der Waals surface area contributed by atoms with E-state index in [2.05, 4.69) is 32.3 Å². The lowest BCUT2D eigenvalue weighted by atomic mass is 10.1. The maximum Gasteiger partial charge on any atom is 0.293 e. The van der Waals surface area contributed by atoms with Crippen LogP contribution in [-0.4, -0.2) is 24.5 Å². The van der Waals surface area contributed by atoms with Crippen molar-refractivity contribution in [1.29, 1.82) is 0 Å². The van der Waals surface area contributed by atoms with Crippen molar-refractivity contribution in [3.63, 3.8) is 0 Å². The van der Waals surface area contributed by atoms with Crippen LogP contribution in [0.4, 0.5) is 5.69 Å². The zero-order valence-electron chi connectivity index (χ0n) is 12.2. The van der Waals surface area contributed by atoms with Gasteiger partial charge in [-0.05, 0) is 29.3 Å². The lowest BCUT2D eigenvalue weighted by Gasteiger charge is -2.12. The highest BCUT2D eigenvalue weighted by Gasteiger charge is 2.17. The molecule has 1 aromatic heterocycles. The Hall–Kier alpha value is -1.43. The van der Waals surface area contributed by atoms with Crippen molar-refractivity contribution in [2.45, 2.75) is 10.2 Å². The molecule has 0 saturated carbocycles. The van der Waals surface area contributed by atoms with Crippen LogP contribution < -0.4 is 10.2 Å². The molecule has 1 amide bonds. The van der Waals surface area contributed by atoms with Crippen LogP contribution in [0.1, 0.15) is 21.6 Å². The summed E-state index contributed by atoms with van der Waals surface area (Å²) in [7, 11) is -3.72. The SMILES string of the molecule is O=C(NO)c1cc(NS(=O)(=O)Cc2cccc(Cl)c2CI)ccn1. The van der Waals surface area contributed by atoms with Crippen molar-refractivity contribution in [3.05, 3.63) is 58.4 Å². The topological polar surface area (TPSA) is 108 Å². The second-order valence-corrected chi connectivity index (χ2v) is 7.64. The molecule has 0 atom stereocenters. The minimum Gasteiger partial charge on any atom is -0.288 e. The van der Waals surface area contributed by atoms with Gasteiger partial charge in [-0.1, -0.05) is 46.3 Å². The van der Waals surface area contributed by atoms with Crippen molar-refractivity contribution in [2.24, 2.45) is 0 Å². The van der Waals surface area contributed by atoms with Crippen LogP contribution in [0.15, 0.2) is 36.5 Å². The first-order valence-corrected chi connectivity index (χ1v) is 10.1. The summed E-state index contributed by atoms with van der Waals surface area (Å²) < 4.78 is 27.7. The van der Waals surface area contributed by atoms with Crippen molar-refractivity contribution in [1.82, 2.24) is 10.5 Å². The maximum absolute atomic E-state index is 12.4. The van der Waals surface area contributed by atoms with Crippen LogP contribution in [0.2, 0.25) is 5.02 Å². The number of nitrogens with one attached hydrogen (secondary N) is 2. The number of benzene rings is 1. The van der Waals surface area contributed by atoms with Gasteiger partial charge in [0.1, 0.15) is 5.69 Å². The van der Waals surface area contributed by atoms with Gasteiger partial charge in [0.2, 0.25) is 10.0 Å². The summed E-state index contributed by atoms with van der Waals surface area (Å²) in [6, 6.07) is 7.74. The van der Waals surface area contributed by atoms with Gasteiger partial charge in [0.05, 0.1) is 11.4 Å². The van der Waals surface area contributed by atoms with Crippen LogP contribution in [0, 0.1) is 0 Å². The molecule has 24 heavy (non-hydrogen) atoms. The Bertz CT molecular complexity index is 861. The largest absolute Gasteiger partial charge is 0.293 e. The van der Waals surface area contributed by atoms with Crippen LogP contribution in [0.25, 0.3) is 0 Å². The Balaban J connectivity index is 2.24. The highest BCUT2D eigenvalue weighted by molar-refractivity contribution is 14.1. The number of carbonyl (C=O) groups is 1. The number of hydrogen-bond donors (Lipinski definition) is 3. The molecule has 0 aliphatic rings. The fourth-order valence-electron chi connectivity index (χ4n) is 1.98. The molecule has 0 radical (unpaired) electrons. The zero-order chi connectivity index (χ0) is 17.7. The normalized spacial score (nSPS) is 11.1. The van der Waals surface area contributed by atoms with Gasteiger partial charge in [-0.15, -0.1) is 0 Å². The van der Waals surface area contributed by atoms with Gasteiger partial charge in [-0.25, -0.2) is 13.9 Å². The van der Waals surface area contributed by atoms with Gasteiger partial charge in [-0.2, -0.15) is 0 Å². The molecule has 0 aliphatic heterocycles. The van der Waals surface area contributed by atoms with E-state index in [1.165, 1.54) is 23.8 Å². The Morgan fingerprint density at radius 2 is 2.08 bits per heavy atom. The number of amides is 1. The minimum atomic E-state index is -3.72. The number of alkyl halides is 1. The Morgan fingerprint density at radius 1 is 1.33 bits per heavy atom. The molecule has 10 heteroatoms. The van der Waals surface area contributed by atoms with E-state index >= 15 is 0 Å². The number of rotatable bonds is 6. The molecule has 0 saturated heterocycles. The van der Waals surface area contributed by atoms with E-state index in [4.69, 9.17) is 16.8 Å². The van der Waals surface area contributed by atoms with Crippen molar-refractivity contribution < 1.29 is 18.4 Å². The van der Waals surface area contributed by atoms with Crippen LogP contribution in [0.3, 0.4) is 0 Å². The number of carbonyl (C=O) groups excluding carboxylic acids is 1. The Labute approximate surface area is 157 Å². The fraction of sp³-hybridized carbons (Fsp3) is 0.143. The third kappa shape index (κ3) is 4.79. The summed E-state index contributed by atoms with van der Waals surface area (Å²) in [4.78, 5) is 15.1. The van der Waals surface area contributed by atoms with Gasteiger partial charge in [-0.3, -0.25) is 19.7 Å². The molecule has 0 fully saturated rings. The van der Waals surface area contributed by atoms with E-state index < -0.39 is 15.9 Å². The second kappa shape index (κ2) is 8.10. The molecule has 7 nitrogen and oxygen atoms in total. The standard InChI is InChI=1S/C14H13ClIN3O4S/c15-12-3-1-2-9(11(12)7-16)8-24(22,23)19-10-4-5-17-13(6-10)14(20)18-21/h1-6,21H,7-8H2,(H,17,19)(H,18,20). The molecule has 1 heterocycles. The lowest BCUT2D eigenvalue weighted by molar-refractivity contribution is 0.0701. The van der Waals surface area contributed by atoms with E-state index in [1.807, 2.05) is 0 Å². The molecule has 0 unspecified atom stereocenters. The van der Waals surface area contributed by atoms with Crippen LogP contribution >= 0.6 is 34.2 Å². The lowest BCUT2D eigenvalue weighted by Crippen LogP contribution is -2.21. The molecule has 0 bridgehead atoms. The first-order valence-electron chi connectivity index (χ1n) is 6.59. The predicted octanol–water partition coefficient (Wildman–Crippen LogP) is 2.73. The monoisotopic (exact) mass is 481 g/mol. The van der Waals surface area contributed by atoms with Gasteiger partial charge in [0.25, 0.3) is 5.91 Å². The molecule has 0 spiro atoms. The van der Waals surface area contributed by atoms with E-state index in [9.17, 15) is 13.2 Å². The van der Waals surface area contributed by atoms with Crippen LogP contribution in [-0.2, 0) is 20.2 Å². The number of hydrogen-bond acceptors (Lipinski definition) is 5. The average molecular weight is 482 g/mol. The predicted molar refractivity (Wildman–Crippen MR) is 98.9 cm³/mol. The van der Waals surface area contributed by atoms with E-state index in [-0.39, 0.29) is 17.1 Å². The first-order chi connectivity index (χ1) is 11.4. The smallest absolute Gasteiger partial charge is 0.288 e. The van der Waals surface area contributed by atoms with Gasteiger partial charge >= 0.3 is 0 Å². The van der Waals surface area contributed by atoms with E-state index in [0.717, 1.165) is 5.56 Å². The number of hydroxylamine groups is 1. The Kier molecular flexibility index (Phi) is 6.38. The molecular weight excluding hydrogens is 469 g/mol. The van der Waals surface area contributed by atoms with E-state index in [1.54, 1.807) is 18.2 Å². The van der Waals surface area contributed by atoms with Gasteiger partial charge in [0.15, 0.2) is 0 Å². The summed E-state index contributed by atoms with van der Waals surface area (Å²) in [5.41, 5.74) is 2.86. The number of sulfonamides is 1. The molecule has 128 valence electrons. The number of pyridine rings is 1. The summed E-state index contributed by atoms with van der Waals surface area (Å²) in [5.74, 6) is -1.09.